The minimum atomic E-state index is -0.597. The number of halogens is 3. The van der Waals surface area contributed by atoms with Crippen molar-refractivity contribution in [3.63, 3.8) is 0 Å². The average Bonchev–Trinajstić information content (AvgIpc) is 2.88. The molecule has 3 aromatic rings. The van der Waals surface area contributed by atoms with Gasteiger partial charge in [0, 0.05) is 29.2 Å². The number of benzene rings is 1. The maximum atomic E-state index is 13.7. The summed E-state index contributed by atoms with van der Waals surface area (Å²) < 4.78 is 21.5. The Morgan fingerprint density at radius 1 is 1.30 bits per heavy atom. The van der Waals surface area contributed by atoms with E-state index < -0.39 is 11.9 Å². The number of aryl methyl sites for hydroxylation is 1. The van der Waals surface area contributed by atoms with Crippen LogP contribution in [0.4, 0.5) is 10.2 Å². The maximum absolute atomic E-state index is 13.7. The molecule has 0 aliphatic rings. The first-order chi connectivity index (χ1) is 10.9. The number of hydrogen-bond donors (Lipinski definition) is 1. The predicted molar refractivity (Wildman–Crippen MR) is 90.6 cm³/mol. The summed E-state index contributed by atoms with van der Waals surface area (Å²) in [5.74, 6) is 0.122. The van der Waals surface area contributed by atoms with Crippen LogP contribution < -0.4 is 10.5 Å². The smallest absolute Gasteiger partial charge is 0.171 e. The molecule has 120 valence electrons. The zero-order valence-corrected chi connectivity index (χ0v) is 14.0. The van der Waals surface area contributed by atoms with E-state index >= 15 is 0 Å². The van der Waals surface area contributed by atoms with Gasteiger partial charge in [0.25, 0.3) is 0 Å². The number of rotatable bonds is 3. The van der Waals surface area contributed by atoms with Gasteiger partial charge in [0.2, 0.25) is 0 Å². The highest BCUT2D eigenvalue weighted by Crippen LogP contribution is 2.38. The number of nitrogens with two attached hydrogens (primary N) is 1. The van der Waals surface area contributed by atoms with Crippen molar-refractivity contribution in [2.24, 2.45) is 7.05 Å². The molecule has 2 N–H and O–H groups in total. The summed E-state index contributed by atoms with van der Waals surface area (Å²) in [6.07, 6.45) is 2.95. The van der Waals surface area contributed by atoms with Gasteiger partial charge < -0.3 is 15.0 Å². The Hall–Kier alpha value is -1.98. The third-order valence-corrected chi connectivity index (χ3v) is 4.42. The fourth-order valence-electron chi connectivity index (χ4n) is 2.50. The summed E-state index contributed by atoms with van der Waals surface area (Å²) in [6, 6.07) is 4.54. The fraction of sp³-hybridized carbons (Fsp3) is 0.188. The van der Waals surface area contributed by atoms with Gasteiger partial charge in [-0.05, 0) is 25.1 Å². The maximum Gasteiger partial charge on any atom is 0.171 e. The Bertz CT molecular complexity index is 895. The van der Waals surface area contributed by atoms with Crippen LogP contribution in [0.2, 0.25) is 10.0 Å². The molecule has 4 nitrogen and oxygen atoms in total. The lowest BCUT2D eigenvalue weighted by Gasteiger charge is -2.19. The summed E-state index contributed by atoms with van der Waals surface area (Å²) >= 11 is 12.2. The molecule has 0 aliphatic carbocycles. The molecule has 0 saturated carbocycles. The van der Waals surface area contributed by atoms with Crippen LogP contribution in [0.25, 0.3) is 10.9 Å². The summed E-state index contributed by atoms with van der Waals surface area (Å²) in [5.41, 5.74) is 7.19. The minimum Gasteiger partial charge on any atom is -0.481 e. The molecule has 0 fully saturated rings. The zero-order valence-electron chi connectivity index (χ0n) is 12.5. The first kappa shape index (κ1) is 15.9. The van der Waals surface area contributed by atoms with E-state index in [1.54, 1.807) is 13.1 Å². The lowest BCUT2D eigenvalue weighted by molar-refractivity contribution is 0.230. The molecule has 7 heteroatoms. The number of fused-ring (bicyclic) bond motifs is 1. The lowest BCUT2D eigenvalue weighted by Crippen LogP contribution is -2.08. The average molecular weight is 354 g/mol. The number of nitrogens with zero attached hydrogens (tertiary/aromatic N) is 2. The van der Waals surface area contributed by atoms with E-state index in [4.69, 9.17) is 33.7 Å². The molecule has 1 atom stereocenters. The van der Waals surface area contributed by atoms with Crippen molar-refractivity contribution < 1.29 is 9.13 Å². The van der Waals surface area contributed by atoms with Crippen LogP contribution in [0.15, 0.2) is 30.6 Å². The third kappa shape index (κ3) is 2.71. The summed E-state index contributed by atoms with van der Waals surface area (Å²) in [6.45, 7) is 1.73. The van der Waals surface area contributed by atoms with Crippen LogP contribution in [0, 0.1) is 5.82 Å². The van der Waals surface area contributed by atoms with Crippen LogP contribution in [0.5, 0.6) is 5.75 Å². The molecule has 2 heterocycles. The number of hydrogen-bond acceptors (Lipinski definition) is 3. The minimum absolute atomic E-state index is 0.0585. The van der Waals surface area contributed by atoms with Crippen molar-refractivity contribution in [2.45, 2.75) is 13.0 Å². The Morgan fingerprint density at radius 3 is 2.78 bits per heavy atom. The second kappa shape index (κ2) is 5.91. The molecule has 0 aliphatic heterocycles. The van der Waals surface area contributed by atoms with Gasteiger partial charge >= 0.3 is 0 Å². The summed E-state index contributed by atoms with van der Waals surface area (Å²) in [5, 5.41) is 1.09. The van der Waals surface area contributed by atoms with E-state index in [2.05, 4.69) is 4.98 Å². The number of ether oxygens (including phenoxy) is 1. The molecule has 2 aromatic heterocycles. The number of pyridine rings is 1. The van der Waals surface area contributed by atoms with E-state index in [-0.39, 0.29) is 10.8 Å². The fourth-order valence-corrected chi connectivity index (χ4v) is 3.17. The topological polar surface area (TPSA) is 53.1 Å². The molecule has 1 unspecified atom stereocenters. The van der Waals surface area contributed by atoms with Gasteiger partial charge in [0.1, 0.15) is 11.9 Å². The van der Waals surface area contributed by atoms with E-state index in [9.17, 15) is 4.39 Å². The molecule has 1 aromatic carbocycles. The van der Waals surface area contributed by atoms with Crippen molar-refractivity contribution in [1.29, 1.82) is 0 Å². The van der Waals surface area contributed by atoms with Crippen molar-refractivity contribution in [2.75, 3.05) is 5.73 Å². The van der Waals surface area contributed by atoms with Crippen molar-refractivity contribution >= 4 is 39.9 Å². The van der Waals surface area contributed by atoms with Crippen LogP contribution in [0.1, 0.15) is 18.6 Å². The number of nitrogen functional groups attached to an aromatic ring is 1. The second-order valence-corrected chi connectivity index (χ2v) is 6.00. The Kier molecular flexibility index (Phi) is 4.08. The first-order valence-electron chi connectivity index (χ1n) is 6.89. The zero-order chi connectivity index (χ0) is 16.7. The molecule has 23 heavy (non-hydrogen) atoms. The number of aromatic nitrogens is 2. The first-order valence-corrected chi connectivity index (χ1v) is 7.65. The van der Waals surface area contributed by atoms with Gasteiger partial charge in [-0.15, -0.1) is 0 Å². The van der Waals surface area contributed by atoms with E-state index in [0.29, 0.717) is 16.3 Å². The van der Waals surface area contributed by atoms with Crippen LogP contribution in [-0.2, 0) is 7.05 Å². The standard InChI is InChI=1S/C16H14Cl2FN3O/c1-8(13-10(17)3-4-11(19)14(13)18)23-15-9-5-6-22(2)12(9)7-21-16(15)20/h3-8H,1-2H3,(H2,20,21). The highest BCUT2D eigenvalue weighted by molar-refractivity contribution is 6.36. The van der Waals surface area contributed by atoms with Crippen LogP contribution in [-0.4, -0.2) is 9.55 Å². The molecule has 0 saturated heterocycles. The Labute approximate surface area is 142 Å². The normalized spacial score (nSPS) is 12.6. The van der Waals surface area contributed by atoms with Gasteiger partial charge in [-0.2, -0.15) is 0 Å². The second-order valence-electron chi connectivity index (χ2n) is 5.22. The highest BCUT2D eigenvalue weighted by atomic mass is 35.5. The third-order valence-electron chi connectivity index (χ3n) is 3.70. The van der Waals surface area contributed by atoms with Gasteiger partial charge in [-0.25, -0.2) is 9.37 Å². The molecule has 0 bridgehead atoms. The van der Waals surface area contributed by atoms with Gasteiger partial charge in [0.15, 0.2) is 11.6 Å². The molecular weight excluding hydrogens is 340 g/mol. The van der Waals surface area contributed by atoms with Crippen LogP contribution in [0.3, 0.4) is 0 Å². The molecular formula is C16H14Cl2FN3O. The van der Waals surface area contributed by atoms with Gasteiger partial charge in [-0.3, -0.25) is 0 Å². The van der Waals surface area contributed by atoms with Crippen molar-refractivity contribution in [3.05, 3.63) is 52.0 Å². The highest BCUT2D eigenvalue weighted by Gasteiger charge is 2.21. The summed E-state index contributed by atoms with van der Waals surface area (Å²) in [7, 11) is 1.90. The predicted octanol–water partition coefficient (Wildman–Crippen LogP) is 4.74. The van der Waals surface area contributed by atoms with Crippen molar-refractivity contribution in [3.8, 4) is 5.75 Å². The van der Waals surface area contributed by atoms with Gasteiger partial charge in [0.05, 0.1) is 16.7 Å². The molecule has 0 radical (unpaired) electrons. The SMILES string of the molecule is CC(Oc1c(N)ncc2c1ccn2C)c1c(Cl)ccc(F)c1Cl. The lowest BCUT2D eigenvalue weighted by atomic mass is 10.1. The monoisotopic (exact) mass is 353 g/mol. The Morgan fingerprint density at radius 2 is 2.04 bits per heavy atom. The van der Waals surface area contributed by atoms with E-state index in [0.717, 1.165) is 10.9 Å². The number of anilines is 1. The van der Waals surface area contributed by atoms with Gasteiger partial charge in [-0.1, -0.05) is 23.2 Å². The quantitative estimate of drug-likeness (QED) is 0.691. The van der Waals surface area contributed by atoms with Crippen LogP contribution >= 0.6 is 23.2 Å². The van der Waals surface area contributed by atoms with Crippen molar-refractivity contribution in [1.82, 2.24) is 9.55 Å². The Balaban J connectivity index is 2.06. The molecule has 3 rings (SSSR count). The molecule has 0 amide bonds. The van der Waals surface area contributed by atoms with E-state index in [1.807, 2.05) is 23.9 Å². The summed E-state index contributed by atoms with van der Waals surface area (Å²) in [4.78, 5) is 4.14. The van der Waals surface area contributed by atoms with E-state index in [1.165, 1.54) is 12.1 Å². The largest absolute Gasteiger partial charge is 0.481 e. The molecule has 0 spiro atoms.